The summed E-state index contributed by atoms with van der Waals surface area (Å²) in [5.41, 5.74) is 8.34. The van der Waals surface area contributed by atoms with Crippen LogP contribution < -0.4 is 16.8 Å². The lowest BCUT2D eigenvalue weighted by molar-refractivity contribution is -0.265. The van der Waals surface area contributed by atoms with Crippen LogP contribution in [0, 0.1) is 5.41 Å². The molecule has 4 unspecified atom stereocenters. The van der Waals surface area contributed by atoms with E-state index in [1.165, 1.54) is 0 Å². The lowest BCUT2D eigenvalue weighted by Gasteiger charge is -2.52. The first-order valence-electron chi connectivity index (χ1n) is 7.29. The Labute approximate surface area is 151 Å². The van der Waals surface area contributed by atoms with Gasteiger partial charge in [-0.3, -0.25) is 15.2 Å². The van der Waals surface area contributed by atoms with Gasteiger partial charge in [-0.25, -0.2) is 19.0 Å². The monoisotopic (exact) mass is 411 g/mol. The Morgan fingerprint density at radius 3 is 2.67 bits per heavy atom. The number of aliphatic imine (C=N–C) groups is 1. The van der Waals surface area contributed by atoms with E-state index in [4.69, 9.17) is 21.4 Å². The van der Waals surface area contributed by atoms with Gasteiger partial charge >= 0.3 is 16.5 Å². The van der Waals surface area contributed by atoms with Gasteiger partial charge in [-0.15, -0.1) is 0 Å². The number of primary amides is 1. The molecule has 27 heavy (non-hydrogen) atoms. The van der Waals surface area contributed by atoms with Gasteiger partial charge in [-0.05, 0) is 0 Å². The van der Waals surface area contributed by atoms with Gasteiger partial charge in [0.2, 0.25) is 11.7 Å². The molecule has 3 heterocycles. The number of hydrogen-bond acceptors (Lipinski definition) is 12. The molecule has 4 atom stereocenters. The van der Waals surface area contributed by atoms with Crippen molar-refractivity contribution in [2.24, 2.45) is 16.5 Å². The summed E-state index contributed by atoms with van der Waals surface area (Å²) >= 11 is 0. The Kier molecular flexibility index (Phi) is 4.13. The van der Waals surface area contributed by atoms with Crippen LogP contribution in [0.2, 0.25) is 0 Å². The number of hydroxylamine groups is 2. The molecule has 17 heteroatoms. The maximum Gasteiger partial charge on any atom is 0.404 e. The number of rotatable bonds is 4. The normalized spacial score (nSPS) is 34.6. The quantitative estimate of drug-likeness (QED) is 0.160. The third-order valence-electron chi connectivity index (χ3n) is 4.59. The van der Waals surface area contributed by atoms with Crippen LogP contribution in [0.5, 0.6) is 0 Å². The van der Waals surface area contributed by atoms with E-state index in [0.29, 0.717) is 5.06 Å². The number of carbonyl (C=O) groups excluding carboxylic acids is 1. The molecule has 1 spiro atoms. The predicted octanol–water partition coefficient (Wildman–Crippen LogP) is -4.74. The standard InChI is InChI=1S/C10H17N7O9S/c11-6-14-5-3(2-25-8(13)18)17(21)7(12)16-1-4(26-27(22,23)24)10(19,20)9(5,16)15-6/h3-5,12,19-21H,1-2H2,(H2,13,18)(H3,11,14,15)(H,22,23,24). The topological polar surface area (TPSA) is 257 Å². The van der Waals surface area contributed by atoms with Crippen LogP contribution in [0.15, 0.2) is 4.99 Å². The zero-order valence-corrected chi connectivity index (χ0v) is 14.2. The van der Waals surface area contributed by atoms with Gasteiger partial charge in [0.1, 0.15) is 18.7 Å². The number of carbonyl (C=O) groups is 1. The minimum Gasteiger partial charge on any atom is -0.447 e. The fraction of sp³-hybridized carbons (Fsp3) is 0.700. The highest BCUT2D eigenvalue weighted by Crippen LogP contribution is 2.47. The summed E-state index contributed by atoms with van der Waals surface area (Å²) in [7, 11) is -5.11. The van der Waals surface area contributed by atoms with E-state index in [1.807, 2.05) is 0 Å². The van der Waals surface area contributed by atoms with Gasteiger partial charge < -0.3 is 36.6 Å². The molecule has 0 aromatic heterocycles. The maximum atomic E-state index is 11.1. The number of ether oxygens (including phenoxy) is 1. The first-order valence-corrected chi connectivity index (χ1v) is 8.66. The highest BCUT2D eigenvalue weighted by molar-refractivity contribution is 7.80. The van der Waals surface area contributed by atoms with Gasteiger partial charge in [-0.1, -0.05) is 0 Å². The Balaban J connectivity index is 2.07. The molecule has 16 nitrogen and oxygen atoms in total. The molecule has 0 radical (unpaired) electrons. The lowest BCUT2D eigenvalue weighted by atomic mass is 9.85. The van der Waals surface area contributed by atoms with Crippen molar-refractivity contribution in [3.63, 3.8) is 0 Å². The summed E-state index contributed by atoms with van der Waals surface area (Å²) in [6.07, 6.45) is -3.19. The maximum absolute atomic E-state index is 11.1. The van der Waals surface area contributed by atoms with Gasteiger partial charge in [0, 0.05) is 0 Å². The third kappa shape index (κ3) is 2.71. The van der Waals surface area contributed by atoms with Crippen molar-refractivity contribution in [3.8, 4) is 0 Å². The van der Waals surface area contributed by atoms with E-state index < -0.39 is 65.2 Å². The molecule has 0 bridgehead atoms. The molecule has 10 N–H and O–H groups in total. The van der Waals surface area contributed by atoms with E-state index in [1.54, 1.807) is 0 Å². The van der Waals surface area contributed by atoms with Crippen LogP contribution in [0.4, 0.5) is 4.79 Å². The van der Waals surface area contributed by atoms with Crippen LogP contribution in [-0.2, 0) is 19.3 Å². The molecule has 3 rings (SSSR count). The van der Waals surface area contributed by atoms with E-state index in [-0.39, 0.29) is 5.96 Å². The van der Waals surface area contributed by atoms with Crippen LogP contribution in [0.3, 0.4) is 0 Å². The van der Waals surface area contributed by atoms with Crippen molar-refractivity contribution >= 4 is 28.4 Å². The zero-order chi connectivity index (χ0) is 20.4. The van der Waals surface area contributed by atoms with Crippen LogP contribution in [0.1, 0.15) is 0 Å². The molecule has 152 valence electrons. The minimum absolute atomic E-state index is 0.321. The number of nitrogens with two attached hydrogens (primary N) is 2. The van der Waals surface area contributed by atoms with Crippen molar-refractivity contribution in [2.45, 2.75) is 29.6 Å². The fourth-order valence-corrected chi connectivity index (χ4v) is 4.06. The number of nitrogens with one attached hydrogen (secondary N) is 2. The lowest BCUT2D eigenvalue weighted by Crippen LogP contribution is -2.80. The summed E-state index contributed by atoms with van der Waals surface area (Å²) in [4.78, 5) is 15.7. The number of aliphatic hydroxyl groups is 2. The van der Waals surface area contributed by atoms with Gasteiger partial charge in [0.15, 0.2) is 17.7 Å². The van der Waals surface area contributed by atoms with Crippen molar-refractivity contribution in [1.29, 1.82) is 5.41 Å². The average molecular weight is 411 g/mol. The zero-order valence-electron chi connectivity index (χ0n) is 13.4. The Bertz CT molecular complexity index is 816. The first kappa shape index (κ1) is 19.3. The second-order valence-electron chi connectivity index (χ2n) is 6.07. The number of hydrogen-bond donors (Lipinski definition) is 8. The first-order chi connectivity index (χ1) is 12.3. The molecule has 0 aromatic carbocycles. The third-order valence-corrected chi connectivity index (χ3v) is 5.07. The molecule has 2 fully saturated rings. The number of amides is 1. The second-order valence-corrected chi connectivity index (χ2v) is 7.11. The summed E-state index contributed by atoms with van der Waals surface area (Å²) in [6, 6.07) is -2.74. The second kappa shape index (κ2) is 5.78. The Morgan fingerprint density at radius 2 is 2.11 bits per heavy atom. The minimum atomic E-state index is -5.11. The van der Waals surface area contributed by atoms with Gasteiger partial charge in [-0.2, -0.15) is 8.42 Å². The van der Waals surface area contributed by atoms with Crippen molar-refractivity contribution < 1.29 is 42.1 Å². The fourth-order valence-electron chi connectivity index (χ4n) is 3.57. The summed E-state index contributed by atoms with van der Waals surface area (Å²) in [6.45, 7) is -1.29. The molecule has 3 aliphatic heterocycles. The van der Waals surface area contributed by atoms with E-state index in [2.05, 4.69) is 19.2 Å². The van der Waals surface area contributed by atoms with Crippen molar-refractivity contribution in [1.82, 2.24) is 15.3 Å². The molecule has 0 aliphatic carbocycles. The number of nitrogens with zero attached hydrogens (tertiary/aromatic N) is 3. The predicted molar refractivity (Wildman–Crippen MR) is 82.2 cm³/mol. The van der Waals surface area contributed by atoms with Crippen LogP contribution in [0.25, 0.3) is 0 Å². The van der Waals surface area contributed by atoms with Crippen LogP contribution >= 0.6 is 0 Å². The van der Waals surface area contributed by atoms with Gasteiger partial charge in [0.05, 0.1) is 6.54 Å². The van der Waals surface area contributed by atoms with Gasteiger partial charge in [0.25, 0.3) is 0 Å². The summed E-state index contributed by atoms with van der Waals surface area (Å²) in [5, 5.41) is 42.4. The molecular weight excluding hydrogens is 394 g/mol. The summed E-state index contributed by atoms with van der Waals surface area (Å²) < 4.78 is 39.9. The molecular formula is C10H17N7O9S. The number of guanidine groups is 2. The molecule has 2 saturated heterocycles. The Morgan fingerprint density at radius 1 is 1.48 bits per heavy atom. The molecule has 1 amide bonds. The van der Waals surface area contributed by atoms with Crippen molar-refractivity contribution in [2.75, 3.05) is 13.2 Å². The summed E-state index contributed by atoms with van der Waals surface area (Å²) in [5.74, 6) is -4.16. The highest BCUT2D eigenvalue weighted by Gasteiger charge is 2.76. The average Bonchev–Trinajstić information content (AvgIpc) is 2.96. The Hall–Kier alpha value is -2.44. The smallest absolute Gasteiger partial charge is 0.404 e. The van der Waals surface area contributed by atoms with E-state index in [9.17, 15) is 28.6 Å². The largest absolute Gasteiger partial charge is 0.447 e. The highest BCUT2D eigenvalue weighted by atomic mass is 32.3. The SMILES string of the molecule is N=C1N(O)C(COC(N)=O)C2N=C(N)NC23N1CC(OS(=O)(=O)O)C3(O)O. The molecule has 0 saturated carbocycles. The van der Waals surface area contributed by atoms with E-state index >= 15 is 0 Å². The molecule has 0 aromatic rings. The van der Waals surface area contributed by atoms with Crippen molar-refractivity contribution in [3.05, 3.63) is 0 Å². The van der Waals surface area contributed by atoms with E-state index in [0.717, 1.165) is 4.90 Å². The molecule has 3 aliphatic rings. The van der Waals surface area contributed by atoms with Crippen LogP contribution in [-0.4, -0.2) is 99.2 Å².